The van der Waals surface area contributed by atoms with Gasteiger partial charge in [0.05, 0.1) is 11.5 Å². The molecular weight excluding hydrogens is 252 g/mol. The Balaban J connectivity index is 2.54. The quantitative estimate of drug-likeness (QED) is 0.790. The number of nitrogens with one attached hydrogen (secondary N) is 1. The zero-order chi connectivity index (χ0) is 13.8. The molecule has 1 amide bonds. The van der Waals surface area contributed by atoms with Gasteiger partial charge in [0.15, 0.2) is 9.84 Å². The van der Waals surface area contributed by atoms with Crippen LogP contribution in [0.1, 0.15) is 33.1 Å². The molecule has 1 saturated heterocycles. The van der Waals surface area contributed by atoms with E-state index < -0.39 is 9.84 Å². The Hall–Kier alpha value is -0.620. The molecule has 1 heterocycles. The van der Waals surface area contributed by atoms with Gasteiger partial charge in [-0.25, -0.2) is 8.42 Å². The van der Waals surface area contributed by atoms with Crippen molar-refractivity contribution >= 4 is 15.7 Å². The predicted molar refractivity (Wildman–Crippen MR) is 72.2 cm³/mol. The van der Waals surface area contributed by atoms with Gasteiger partial charge in [-0.05, 0) is 12.8 Å². The topological polar surface area (TPSA) is 66.5 Å². The second-order valence-corrected chi connectivity index (χ2v) is 7.17. The Morgan fingerprint density at radius 1 is 1.39 bits per heavy atom. The summed E-state index contributed by atoms with van der Waals surface area (Å²) >= 11 is 0. The van der Waals surface area contributed by atoms with Crippen LogP contribution in [0.5, 0.6) is 0 Å². The monoisotopic (exact) mass is 276 g/mol. The maximum absolute atomic E-state index is 12.1. The van der Waals surface area contributed by atoms with Crippen LogP contribution in [0.4, 0.5) is 0 Å². The van der Waals surface area contributed by atoms with Crippen molar-refractivity contribution < 1.29 is 13.2 Å². The van der Waals surface area contributed by atoms with Gasteiger partial charge < -0.3 is 10.2 Å². The van der Waals surface area contributed by atoms with Crippen molar-refractivity contribution in [1.82, 2.24) is 10.2 Å². The summed E-state index contributed by atoms with van der Waals surface area (Å²) in [5.41, 5.74) is 0. The van der Waals surface area contributed by atoms with E-state index in [4.69, 9.17) is 0 Å². The molecule has 1 fully saturated rings. The molecule has 5 nitrogen and oxygen atoms in total. The van der Waals surface area contributed by atoms with Crippen LogP contribution in [-0.2, 0) is 14.6 Å². The lowest BCUT2D eigenvalue weighted by Crippen LogP contribution is -2.48. The van der Waals surface area contributed by atoms with Gasteiger partial charge in [-0.1, -0.05) is 13.8 Å². The first kappa shape index (κ1) is 15.4. The minimum absolute atomic E-state index is 0.0262. The molecule has 0 saturated carbocycles. The highest BCUT2D eigenvalue weighted by Gasteiger charge is 2.27. The molecule has 6 heteroatoms. The van der Waals surface area contributed by atoms with Gasteiger partial charge in [-0.3, -0.25) is 4.79 Å². The number of carbonyl (C=O) groups is 1. The maximum atomic E-state index is 12.1. The van der Waals surface area contributed by atoms with Gasteiger partial charge in [0.25, 0.3) is 0 Å². The fourth-order valence-electron chi connectivity index (χ4n) is 2.39. The molecule has 1 rings (SSSR count). The van der Waals surface area contributed by atoms with Gasteiger partial charge in [0.2, 0.25) is 5.91 Å². The van der Waals surface area contributed by atoms with Crippen molar-refractivity contribution in [1.29, 1.82) is 0 Å². The molecule has 1 aliphatic rings. The van der Waals surface area contributed by atoms with E-state index in [-0.39, 0.29) is 35.9 Å². The van der Waals surface area contributed by atoms with Crippen molar-refractivity contribution in [2.45, 2.75) is 45.2 Å². The second-order valence-electron chi connectivity index (χ2n) is 4.94. The van der Waals surface area contributed by atoms with Crippen LogP contribution in [0.15, 0.2) is 0 Å². The zero-order valence-corrected chi connectivity index (χ0v) is 12.3. The van der Waals surface area contributed by atoms with E-state index >= 15 is 0 Å². The molecule has 0 bridgehead atoms. The minimum atomic E-state index is -2.97. The molecule has 18 heavy (non-hydrogen) atoms. The molecule has 0 aromatic carbocycles. The van der Waals surface area contributed by atoms with Crippen molar-refractivity contribution in [3.05, 3.63) is 0 Å². The molecule has 0 aromatic rings. The van der Waals surface area contributed by atoms with Crippen molar-refractivity contribution in [2.75, 3.05) is 25.1 Å². The van der Waals surface area contributed by atoms with E-state index in [1.165, 1.54) is 0 Å². The molecule has 1 N–H and O–H groups in total. The molecule has 1 aliphatic heterocycles. The van der Waals surface area contributed by atoms with Gasteiger partial charge in [-0.15, -0.1) is 0 Å². The summed E-state index contributed by atoms with van der Waals surface area (Å²) in [7, 11) is -1.16. The van der Waals surface area contributed by atoms with Crippen LogP contribution in [0.25, 0.3) is 0 Å². The van der Waals surface area contributed by atoms with Crippen LogP contribution in [0.2, 0.25) is 0 Å². The smallest absolute Gasteiger partial charge is 0.224 e. The third-order valence-corrected chi connectivity index (χ3v) is 5.34. The van der Waals surface area contributed by atoms with E-state index in [1.807, 2.05) is 0 Å². The van der Waals surface area contributed by atoms with Crippen molar-refractivity contribution in [2.24, 2.45) is 0 Å². The largest absolute Gasteiger partial charge is 0.343 e. The SMILES string of the molecule is CCC(CC)N(C)C(=O)CC1CS(=O)(=O)CCN1. The number of amides is 1. The molecule has 0 aromatic heterocycles. The Morgan fingerprint density at radius 2 is 2.00 bits per heavy atom. The van der Waals surface area contributed by atoms with Crippen LogP contribution in [0.3, 0.4) is 0 Å². The van der Waals surface area contributed by atoms with Gasteiger partial charge in [0.1, 0.15) is 0 Å². The Bertz CT molecular complexity index is 377. The summed E-state index contributed by atoms with van der Waals surface area (Å²) < 4.78 is 23.0. The van der Waals surface area contributed by atoms with Crippen LogP contribution < -0.4 is 5.32 Å². The van der Waals surface area contributed by atoms with E-state index in [9.17, 15) is 13.2 Å². The molecule has 1 atom stereocenters. The fraction of sp³-hybridized carbons (Fsp3) is 0.917. The number of rotatable bonds is 5. The Morgan fingerprint density at radius 3 is 2.50 bits per heavy atom. The van der Waals surface area contributed by atoms with Gasteiger partial charge in [0, 0.05) is 32.1 Å². The van der Waals surface area contributed by atoms with Crippen molar-refractivity contribution in [3.63, 3.8) is 0 Å². The molecule has 0 aliphatic carbocycles. The zero-order valence-electron chi connectivity index (χ0n) is 11.5. The van der Waals surface area contributed by atoms with Crippen LogP contribution in [-0.4, -0.2) is 56.4 Å². The highest BCUT2D eigenvalue weighted by atomic mass is 32.2. The second kappa shape index (κ2) is 6.52. The number of hydrogen-bond acceptors (Lipinski definition) is 4. The summed E-state index contributed by atoms with van der Waals surface area (Å²) in [5.74, 6) is 0.286. The van der Waals surface area contributed by atoms with E-state index in [0.29, 0.717) is 6.54 Å². The van der Waals surface area contributed by atoms with E-state index in [0.717, 1.165) is 12.8 Å². The molecule has 0 radical (unpaired) electrons. The first-order valence-electron chi connectivity index (χ1n) is 6.59. The summed E-state index contributed by atoms with van der Waals surface area (Å²) in [5, 5.41) is 3.11. The number of carbonyl (C=O) groups excluding carboxylic acids is 1. The van der Waals surface area contributed by atoms with E-state index in [1.54, 1.807) is 11.9 Å². The fourth-order valence-corrected chi connectivity index (χ4v) is 3.84. The molecule has 106 valence electrons. The highest BCUT2D eigenvalue weighted by molar-refractivity contribution is 7.91. The van der Waals surface area contributed by atoms with Crippen LogP contribution in [0, 0.1) is 0 Å². The molecule has 1 unspecified atom stereocenters. The Labute approximate surface area is 110 Å². The third-order valence-electron chi connectivity index (χ3n) is 3.61. The molecule has 0 spiro atoms. The normalized spacial score (nSPS) is 23.0. The van der Waals surface area contributed by atoms with Crippen molar-refractivity contribution in [3.8, 4) is 0 Å². The lowest BCUT2D eigenvalue weighted by Gasteiger charge is -2.29. The summed E-state index contributed by atoms with van der Waals surface area (Å²) in [4.78, 5) is 13.8. The summed E-state index contributed by atoms with van der Waals surface area (Å²) in [6.45, 7) is 4.57. The molecular formula is C12H24N2O3S. The lowest BCUT2D eigenvalue weighted by atomic mass is 10.1. The standard InChI is InChI=1S/C12H24N2O3S/c1-4-11(5-2)14(3)12(15)8-10-9-18(16,17)7-6-13-10/h10-11,13H,4-9H2,1-3H3. The number of hydrogen-bond donors (Lipinski definition) is 1. The minimum Gasteiger partial charge on any atom is -0.343 e. The Kier molecular flexibility index (Phi) is 5.59. The summed E-state index contributed by atoms with van der Waals surface area (Å²) in [6, 6.07) is 0.0192. The first-order chi connectivity index (χ1) is 8.39. The average molecular weight is 276 g/mol. The first-order valence-corrected chi connectivity index (χ1v) is 8.41. The predicted octanol–water partition coefficient (Wildman–Crippen LogP) is 0.410. The van der Waals surface area contributed by atoms with Gasteiger partial charge >= 0.3 is 0 Å². The summed E-state index contributed by atoms with van der Waals surface area (Å²) in [6.07, 6.45) is 2.12. The van der Waals surface area contributed by atoms with Crippen LogP contribution >= 0.6 is 0 Å². The average Bonchev–Trinajstić information content (AvgIpc) is 2.29. The highest BCUT2D eigenvalue weighted by Crippen LogP contribution is 2.11. The van der Waals surface area contributed by atoms with E-state index in [2.05, 4.69) is 19.2 Å². The number of nitrogens with zero attached hydrogens (tertiary/aromatic N) is 1. The van der Waals surface area contributed by atoms with Gasteiger partial charge in [-0.2, -0.15) is 0 Å². The third kappa shape index (κ3) is 4.24. The number of sulfone groups is 1. The maximum Gasteiger partial charge on any atom is 0.224 e. The lowest BCUT2D eigenvalue weighted by molar-refractivity contribution is -0.132.